The number of carbonyl (C=O) groups excluding carboxylic acids is 1. The minimum absolute atomic E-state index is 0.0459. The maximum atomic E-state index is 12.7. The molecule has 1 aliphatic heterocycles. The summed E-state index contributed by atoms with van der Waals surface area (Å²) in [6, 6.07) is 0. The summed E-state index contributed by atoms with van der Waals surface area (Å²) in [5.41, 5.74) is 4.12. The molecule has 0 aromatic carbocycles. The highest BCUT2D eigenvalue weighted by Crippen LogP contribution is 2.30. The van der Waals surface area contributed by atoms with Gasteiger partial charge in [-0.15, -0.1) is 6.42 Å². The van der Waals surface area contributed by atoms with Gasteiger partial charge in [-0.1, -0.05) is 12.8 Å². The van der Waals surface area contributed by atoms with Crippen LogP contribution in [0.1, 0.15) is 26.0 Å². The Balaban J connectivity index is 2.22. The fraction of sp³-hybridized carbons (Fsp3) is 0.467. The van der Waals surface area contributed by atoms with Crippen LogP contribution in [0.15, 0.2) is 9.59 Å². The topological polar surface area (TPSA) is 145 Å². The normalized spacial score (nSPS) is 23.0. The van der Waals surface area contributed by atoms with Gasteiger partial charge >= 0.3 is 5.69 Å². The lowest BCUT2D eigenvalue weighted by molar-refractivity contribution is -0.132. The summed E-state index contributed by atoms with van der Waals surface area (Å²) in [6.45, 7) is 1.51. The van der Waals surface area contributed by atoms with Gasteiger partial charge in [0.1, 0.15) is 12.2 Å². The van der Waals surface area contributed by atoms with Crippen molar-refractivity contribution in [2.75, 3.05) is 5.73 Å². The Hall–Kier alpha value is -2.90. The lowest BCUT2D eigenvalue weighted by Gasteiger charge is -2.15. The van der Waals surface area contributed by atoms with Crippen molar-refractivity contribution in [3.05, 3.63) is 20.8 Å². The van der Waals surface area contributed by atoms with Gasteiger partial charge in [-0.05, 0) is 0 Å². The zero-order valence-electron chi connectivity index (χ0n) is 13.4. The molecule has 0 amide bonds. The Bertz CT molecular complexity index is 995. The SMILES string of the molecule is C#CCn1c(=O)n([C@@H]2O[C@@H](C(=O)CC)C[C@H]2O)c2nc(N)[nH]c(=O)c21. The van der Waals surface area contributed by atoms with Crippen LogP contribution < -0.4 is 17.0 Å². The first-order chi connectivity index (χ1) is 11.9. The molecule has 132 valence electrons. The maximum absolute atomic E-state index is 12.7. The van der Waals surface area contributed by atoms with Crippen LogP contribution in [0.2, 0.25) is 0 Å². The summed E-state index contributed by atoms with van der Waals surface area (Å²) < 4.78 is 7.64. The molecule has 0 radical (unpaired) electrons. The highest BCUT2D eigenvalue weighted by atomic mass is 16.5. The average Bonchev–Trinajstić information content (AvgIpc) is 3.05. The number of nitrogens with two attached hydrogens (primary N) is 1. The van der Waals surface area contributed by atoms with E-state index < -0.39 is 29.7 Å². The van der Waals surface area contributed by atoms with Crippen LogP contribution in [0.3, 0.4) is 0 Å². The number of fused-ring (bicyclic) bond motifs is 1. The number of carbonyl (C=O) groups is 1. The third kappa shape index (κ3) is 2.63. The molecule has 1 fully saturated rings. The number of ketones is 1. The van der Waals surface area contributed by atoms with Gasteiger partial charge in [-0.3, -0.25) is 19.1 Å². The molecule has 10 nitrogen and oxygen atoms in total. The number of rotatable bonds is 4. The van der Waals surface area contributed by atoms with E-state index in [0.29, 0.717) is 0 Å². The van der Waals surface area contributed by atoms with Crippen molar-refractivity contribution < 1.29 is 14.6 Å². The van der Waals surface area contributed by atoms with E-state index in [9.17, 15) is 19.5 Å². The maximum Gasteiger partial charge on any atom is 0.333 e. The van der Waals surface area contributed by atoms with Gasteiger partial charge in [0.15, 0.2) is 23.2 Å². The summed E-state index contributed by atoms with van der Waals surface area (Å²) >= 11 is 0. The number of aromatic nitrogens is 4. The molecule has 1 saturated heterocycles. The molecule has 3 heterocycles. The summed E-state index contributed by atoms with van der Waals surface area (Å²) in [4.78, 5) is 43.1. The predicted molar refractivity (Wildman–Crippen MR) is 87.7 cm³/mol. The monoisotopic (exact) mass is 347 g/mol. The van der Waals surface area contributed by atoms with Crippen LogP contribution in [0.25, 0.3) is 11.2 Å². The second kappa shape index (κ2) is 6.19. The summed E-state index contributed by atoms with van der Waals surface area (Å²) in [5.74, 6) is 1.91. The van der Waals surface area contributed by atoms with Crippen LogP contribution in [0, 0.1) is 12.3 Å². The lowest BCUT2D eigenvalue weighted by atomic mass is 10.1. The third-order valence-corrected chi connectivity index (χ3v) is 4.13. The Morgan fingerprint density at radius 3 is 2.92 bits per heavy atom. The summed E-state index contributed by atoms with van der Waals surface area (Å²) in [5, 5.41) is 10.3. The van der Waals surface area contributed by atoms with Crippen molar-refractivity contribution >= 4 is 22.9 Å². The van der Waals surface area contributed by atoms with E-state index in [4.69, 9.17) is 16.9 Å². The molecule has 0 unspecified atom stereocenters. The van der Waals surface area contributed by atoms with Crippen molar-refractivity contribution in [3.8, 4) is 12.3 Å². The number of H-pyrrole nitrogens is 1. The zero-order valence-corrected chi connectivity index (χ0v) is 13.4. The number of imidazole rings is 1. The fourth-order valence-electron chi connectivity index (χ4n) is 2.99. The van der Waals surface area contributed by atoms with Gasteiger partial charge in [-0.2, -0.15) is 4.98 Å². The minimum Gasteiger partial charge on any atom is -0.388 e. The first kappa shape index (κ1) is 16.9. The number of hydrogen-bond donors (Lipinski definition) is 3. The van der Waals surface area contributed by atoms with Crippen LogP contribution in [0.5, 0.6) is 0 Å². The number of aromatic amines is 1. The molecular formula is C15H17N5O5. The van der Waals surface area contributed by atoms with Crippen LogP contribution in [-0.2, 0) is 16.1 Å². The van der Waals surface area contributed by atoms with Crippen LogP contribution in [0.4, 0.5) is 5.95 Å². The largest absolute Gasteiger partial charge is 0.388 e. The first-order valence-corrected chi connectivity index (χ1v) is 7.69. The van der Waals surface area contributed by atoms with Gasteiger partial charge in [0.2, 0.25) is 5.95 Å². The second-order valence-corrected chi connectivity index (χ2v) is 5.70. The molecule has 0 aliphatic carbocycles. The van der Waals surface area contributed by atoms with E-state index in [0.717, 1.165) is 9.13 Å². The van der Waals surface area contributed by atoms with Crippen molar-refractivity contribution in [2.45, 2.75) is 44.7 Å². The Kier molecular flexibility index (Phi) is 4.20. The van der Waals surface area contributed by atoms with Crippen LogP contribution in [-0.4, -0.2) is 42.2 Å². The van der Waals surface area contributed by atoms with Gasteiger partial charge in [0.05, 0.1) is 6.54 Å². The average molecular weight is 347 g/mol. The Labute approximate surface area is 141 Å². The van der Waals surface area contributed by atoms with Gasteiger partial charge in [0, 0.05) is 12.8 Å². The highest BCUT2D eigenvalue weighted by molar-refractivity contribution is 5.83. The van der Waals surface area contributed by atoms with Crippen molar-refractivity contribution in [3.63, 3.8) is 0 Å². The van der Waals surface area contributed by atoms with Crippen molar-refractivity contribution in [1.82, 2.24) is 19.1 Å². The quantitative estimate of drug-likeness (QED) is 0.585. The number of aliphatic hydroxyl groups is 1. The number of nitrogens with zero attached hydrogens (tertiary/aromatic N) is 3. The first-order valence-electron chi connectivity index (χ1n) is 7.69. The number of nitrogens with one attached hydrogen (secondary N) is 1. The number of terminal acetylenes is 1. The molecule has 3 atom stereocenters. The second-order valence-electron chi connectivity index (χ2n) is 5.70. The van der Waals surface area contributed by atoms with Crippen molar-refractivity contribution in [1.29, 1.82) is 0 Å². The Morgan fingerprint density at radius 2 is 2.28 bits per heavy atom. The molecule has 1 aliphatic rings. The molecule has 0 spiro atoms. The highest BCUT2D eigenvalue weighted by Gasteiger charge is 2.40. The van der Waals surface area contributed by atoms with Gasteiger partial charge in [-0.25, -0.2) is 9.36 Å². The van der Waals surface area contributed by atoms with E-state index in [2.05, 4.69) is 15.9 Å². The van der Waals surface area contributed by atoms with Crippen molar-refractivity contribution in [2.24, 2.45) is 0 Å². The molecule has 2 aromatic heterocycles. The van der Waals surface area contributed by atoms with Gasteiger partial charge in [0.25, 0.3) is 5.56 Å². The predicted octanol–water partition coefficient (Wildman–Crippen LogP) is -1.27. The summed E-state index contributed by atoms with van der Waals surface area (Å²) in [7, 11) is 0. The number of nitrogen functional groups attached to an aromatic ring is 1. The number of ether oxygens (including phenoxy) is 1. The van der Waals surface area contributed by atoms with E-state index in [1.165, 1.54) is 0 Å². The minimum atomic E-state index is -1.16. The number of aliphatic hydroxyl groups excluding tert-OH is 1. The lowest BCUT2D eigenvalue weighted by Crippen LogP contribution is -2.32. The molecule has 0 saturated carbocycles. The molecule has 3 rings (SSSR count). The van der Waals surface area contributed by atoms with Crippen LogP contribution >= 0.6 is 0 Å². The Morgan fingerprint density at radius 1 is 1.56 bits per heavy atom. The van der Waals surface area contributed by atoms with E-state index in [1.54, 1.807) is 6.92 Å². The van der Waals surface area contributed by atoms with E-state index >= 15 is 0 Å². The number of Topliss-reactive ketones (excluding diaryl/α,β-unsaturated/α-hetero) is 1. The zero-order chi connectivity index (χ0) is 18.3. The smallest absolute Gasteiger partial charge is 0.333 e. The molecule has 10 heteroatoms. The molecular weight excluding hydrogens is 330 g/mol. The standard InChI is InChI=1S/C15H17N5O5/c1-3-5-19-10-11(17-14(16)18-12(10)23)20(15(19)24)13-8(22)6-9(25-13)7(21)4-2/h1,8-9,13,22H,4-6H2,2H3,(H3,16,17,18,23)/t8-,9-,13-/m1/s1. The fourth-order valence-corrected chi connectivity index (χ4v) is 2.99. The molecule has 2 aromatic rings. The molecule has 25 heavy (non-hydrogen) atoms. The van der Waals surface area contributed by atoms with E-state index in [1.807, 2.05) is 0 Å². The number of anilines is 1. The number of hydrogen-bond acceptors (Lipinski definition) is 7. The van der Waals surface area contributed by atoms with Gasteiger partial charge < -0.3 is 15.6 Å². The molecule has 4 N–H and O–H groups in total. The third-order valence-electron chi connectivity index (χ3n) is 4.13. The van der Waals surface area contributed by atoms with E-state index in [-0.39, 0.29) is 42.3 Å². The molecule has 0 bridgehead atoms. The summed E-state index contributed by atoms with van der Waals surface area (Å²) in [6.07, 6.45) is 2.44.